The van der Waals surface area contributed by atoms with Crippen LogP contribution in [-0.2, 0) is 6.54 Å². The van der Waals surface area contributed by atoms with Gasteiger partial charge in [-0.05, 0) is 17.7 Å². The van der Waals surface area contributed by atoms with Crippen molar-refractivity contribution < 1.29 is 35.5 Å². The second-order valence-corrected chi connectivity index (χ2v) is 4.15. The van der Waals surface area contributed by atoms with Gasteiger partial charge in [0.05, 0.1) is 6.42 Å². The molecule has 0 aliphatic heterocycles. The summed E-state index contributed by atoms with van der Waals surface area (Å²) in [6, 6.07) is 4.82. The number of benzene rings is 1. The highest BCUT2D eigenvalue weighted by Gasteiger charge is 2.43. The molecule has 0 bridgehead atoms. The molecular weight excluding hydrogens is 307 g/mol. The number of hydrogen-bond acceptors (Lipinski definition) is 2. The van der Waals surface area contributed by atoms with Crippen molar-refractivity contribution in [1.29, 1.82) is 0 Å². The van der Waals surface area contributed by atoms with Gasteiger partial charge in [-0.1, -0.05) is 12.1 Å². The van der Waals surface area contributed by atoms with E-state index in [2.05, 4.69) is 10.1 Å². The van der Waals surface area contributed by atoms with E-state index in [9.17, 15) is 30.7 Å². The highest BCUT2D eigenvalue weighted by Crippen LogP contribution is 2.27. The molecule has 1 N–H and O–H groups in total. The van der Waals surface area contributed by atoms with Crippen LogP contribution in [0.15, 0.2) is 24.3 Å². The van der Waals surface area contributed by atoms with Crippen molar-refractivity contribution in [3.8, 4) is 5.75 Å². The molecule has 0 saturated heterocycles. The van der Waals surface area contributed by atoms with Crippen molar-refractivity contribution in [3.05, 3.63) is 29.8 Å². The summed E-state index contributed by atoms with van der Waals surface area (Å²) < 4.78 is 88.9. The van der Waals surface area contributed by atoms with Crippen LogP contribution in [0.5, 0.6) is 5.75 Å². The SMILES string of the molecule is FC(F)C(F)(F)Oc1cccc(CNCCC(F)(F)F)c1. The maximum Gasteiger partial charge on any atom is 0.461 e. The van der Waals surface area contributed by atoms with Gasteiger partial charge in [0.1, 0.15) is 5.75 Å². The highest BCUT2D eigenvalue weighted by molar-refractivity contribution is 5.28. The summed E-state index contributed by atoms with van der Waals surface area (Å²) in [6.07, 6.45) is -13.9. The molecule has 0 heterocycles. The summed E-state index contributed by atoms with van der Waals surface area (Å²) in [6.45, 7) is -0.380. The van der Waals surface area contributed by atoms with Gasteiger partial charge in [-0.25, -0.2) is 0 Å². The van der Waals surface area contributed by atoms with Crippen molar-refractivity contribution in [2.24, 2.45) is 0 Å². The number of nitrogens with one attached hydrogen (secondary N) is 1. The van der Waals surface area contributed by atoms with Gasteiger partial charge in [0, 0.05) is 13.1 Å². The van der Waals surface area contributed by atoms with Crippen molar-refractivity contribution in [2.45, 2.75) is 31.7 Å². The summed E-state index contributed by atoms with van der Waals surface area (Å²) in [5.74, 6) is -0.490. The van der Waals surface area contributed by atoms with Gasteiger partial charge < -0.3 is 10.1 Å². The van der Waals surface area contributed by atoms with Gasteiger partial charge in [0.15, 0.2) is 0 Å². The Morgan fingerprint density at radius 3 is 2.33 bits per heavy atom. The molecule has 0 amide bonds. The van der Waals surface area contributed by atoms with Crippen molar-refractivity contribution in [2.75, 3.05) is 6.54 Å². The Morgan fingerprint density at radius 1 is 1.10 bits per heavy atom. The monoisotopic (exact) mass is 319 g/mol. The van der Waals surface area contributed by atoms with Gasteiger partial charge in [-0.15, -0.1) is 0 Å². The minimum absolute atomic E-state index is 0.0342. The molecule has 0 fully saturated rings. The third kappa shape index (κ3) is 6.65. The fraction of sp³-hybridized carbons (Fsp3) is 0.500. The first kappa shape index (κ1) is 17.5. The fourth-order valence-corrected chi connectivity index (χ4v) is 1.38. The number of rotatable bonds is 7. The molecule has 2 nitrogen and oxygen atoms in total. The van der Waals surface area contributed by atoms with Crippen LogP contribution in [0, 0.1) is 0 Å². The average molecular weight is 319 g/mol. The Morgan fingerprint density at radius 2 is 1.76 bits per heavy atom. The zero-order chi connectivity index (χ0) is 16.1. The minimum atomic E-state index is -4.62. The van der Waals surface area contributed by atoms with Crippen LogP contribution in [0.4, 0.5) is 30.7 Å². The molecule has 0 aliphatic carbocycles. The van der Waals surface area contributed by atoms with Crippen molar-refractivity contribution in [3.63, 3.8) is 0 Å². The van der Waals surface area contributed by atoms with Crippen LogP contribution in [-0.4, -0.2) is 25.3 Å². The number of hydrogen-bond donors (Lipinski definition) is 1. The Balaban J connectivity index is 2.53. The minimum Gasteiger partial charge on any atom is -0.428 e. The van der Waals surface area contributed by atoms with Gasteiger partial charge >= 0.3 is 18.7 Å². The van der Waals surface area contributed by atoms with Gasteiger partial charge in [-0.2, -0.15) is 30.7 Å². The first-order valence-electron chi connectivity index (χ1n) is 5.81. The second-order valence-electron chi connectivity index (χ2n) is 4.15. The number of alkyl halides is 7. The van der Waals surface area contributed by atoms with Crippen molar-refractivity contribution >= 4 is 0 Å². The molecule has 1 aromatic rings. The molecule has 1 rings (SSSR count). The molecule has 0 aliphatic rings. The molecule has 9 heteroatoms. The lowest BCUT2D eigenvalue weighted by atomic mass is 10.2. The summed E-state index contributed by atoms with van der Waals surface area (Å²) >= 11 is 0. The van der Waals surface area contributed by atoms with E-state index in [1.165, 1.54) is 12.1 Å². The third-order valence-electron chi connectivity index (χ3n) is 2.32. The maximum atomic E-state index is 12.7. The highest BCUT2D eigenvalue weighted by atomic mass is 19.4. The normalized spacial score (nSPS) is 12.8. The summed E-state index contributed by atoms with van der Waals surface area (Å²) in [5.41, 5.74) is 0.333. The lowest BCUT2D eigenvalue weighted by Gasteiger charge is -2.17. The standard InChI is InChI=1S/C12H12F7NO/c13-10(14)12(18,19)21-9-3-1-2-8(6-9)7-20-5-4-11(15,16)17/h1-3,6,10,20H,4-5,7H2. The third-order valence-corrected chi connectivity index (χ3v) is 2.32. The maximum absolute atomic E-state index is 12.7. The van der Waals surface area contributed by atoms with Crippen molar-refractivity contribution in [1.82, 2.24) is 5.32 Å². The Bertz CT molecular complexity index is 447. The smallest absolute Gasteiger partial charge is 0.428 e. The van der Waals surface area contributed by atoms with Crippen LogP contribution in [0.2, 0.25) is 0 Å². The van der Waals surface area contributed by atoms with Crippen LogP contribution in [0.1, 0.15) is 12.0 Å². The first-order chi connectivity index (χ1) is 9.60. The summed E-state index contributed by atoms with van der Waals surface area (Å²) in [7, 11) is 0. The van der Waals surface area contributed by atoms with Crippen LogP contribution >= 0.6 is 0 Å². The van der Waals surface area contributed by atoms with E-state index >= 15 is 0 Å². The predicted octanol–water partition coefficient (Wildman–Crippen LogP) is 3.97. The van der Waals surface area contributed by atoms with E-state index in [1.807, 2.05) is 0 Å². The van der Waals surface area contributed by atoms with Gasteiger partial charge in [0.25, 0.3) is 0 Å². The molecule has 0 atom stereocenters. The molecular formula is C12H12F7NO. The lowest BCUT2D eigenvalue weighted by Crippen LogP contribution is -2.33. The Hall–Kier alpha value is -1.51. The zero-order valence-electron chi connectivity index (χ0n) is 10.6. The summed E-state index contributed by atoms with van der Waals surface area (Å²) in [5, 5.41) is 2.46. The largest absolute Gasteiger partial charge is 0.461 e. The predicted molar refractivity (Wildman–Crippen MR) is 60.4 cm³/mol. The summed E-state index contributed by atoms with van der Waals surface area (Å²) in [4.78, 5) is 0. The zero-order valence-corrected chi connectivity index (χ0v) is 10.6. The number of halogens is 7. The average Bonchev–Trinajstić information content (AvgIpc) is 2.33. The topological polar surface area (TPSA) is 21.3 Å². The molecule has 0 unspecified atom stereocenters. The Kier molecular flexibility index (Phi) is 5.82. The van der Waals surface area contributed by atoms with Gasteiger partial charge in [-0.3, -0.25) is 0 Å². The second kappa shape index (κ2) is 6.97. The number of ether oxygens (including phenoxy) is 1. The Labute approximate surface area is 115 Å². The first-order valence-corrected chi connectivity index (χ1v) is 5.81. The fourth-order valence-electron chi connectivity index (χ4n) is 1.38. The van der Waals surface area contributed by atoms with E-state index in [4.69, 9.17) is 0 Å². The lowest BCUT2D eigenvalue weighted by molar-refractivity contribution is -0.253. The molecule has 120 valence electrons. The van der Waals surface area contributed by atoms with E-state index < -0.39 is 30.9 Å². The molecule has 0 radical (unpaired) electrons. The van der Waals surface area contributed by atoms with Gasteiger partial charge in [0.2, 0.25) is 0 Å². The molecule has 0 saturated carbocycles. The van der Waals surface area contributed by atoms with E-state index in [-0.39, 0.29) is 13.1 Å². The molecule has 1 aromatic carbocycles. The van der Waals surface area contributed by atoms with Crippen LogP contribution < -0.4 is 10.1 Å². The van der Waals surface area contributed by atoms with E-state index in [0.717, 1.165) is 12.1 Å². The molecule has 0 spiro atoms. The van der Waals surface area contributed by atoms with E-state index in [1.54, 1.807) is 0 Å². The quantitative estimate of drug-likeness (QED) is 0.607. The molecule has 0 aromatic heterocycles. The van der Waals surface area contributed by atoms with Crippen LogP contribution in [0.3, 0.4) is 0 Å². The molecule has 21 heavy (non-hydrogen) atoms. The van der Waals surface area contributed by atoms with Crippen LogP contribution in [0.25, 0.3) is 0 Å². The van der Waals surface area contributed by atoms with E-state index in [0.29, 0.717) is 5.56 Å².